The first kappa shape index (κ1) is 45.4. The van der Waals surface area contributed by atoms with Crippen LogP contribution in [0.2, 0.25) is 0 Å². The third kappa shape index (κ3) is 13.1. The van der Waals surface area contributed by atoms with Crippen LogP contribution in [0.4, 0.5) is 8.78 Å². The van der Waals surface area contributed by atoms with E-state index in [0.29, 0.717) is 62.4 Å². The van der Waals surface area contributed by atoms with E-state index in [0.717, 1.165) is 4.90 Å². The molecule has 2 fully saturated rings. The standard InChI is InChI=1S/C36H46F2N10O8S2/c1-22(49)44-28(19-57)34(54)41-16-30(50)45-29(20-58)35(55)43-17-31(51)47-10-8-46(9-11-47)7-2-12-56-24-3-4-27-26(13-24)25(5-6-40-27)33(53)42-18-32(52)48-21-36(37,38)14-23(48)15-39/h3-6,13,23,28-29,57-58H,2,7-12,14,16-21H2,1H3,(H,41,54)(H,42,53)(H,43,55)(H,44,49)(H,45,50)/t23-,28+,29+/m0/s1. The van der Waals surface area contributed by atoms with Crippen molar-refractivity contribution in [1.82, 2.24) is 46.3 Å². The summed E-state index contributed by atoms with van der Waals surface area (Å²) in [7, 11) is 0. The van der Waals surface area contributed by atoms with Gasteiger partial charge in [0.05, 0.1) is 49.9 Å². The number of carbonyl (C=O) groups is 7. The number of amides is 7. The minimum absolute atomic E-state index is 0.0191. The molecule has 0 unspecified atom stereocenters. The Kier molecular flexibility index (Phi) is 16.8. The molecule has 0 radical (unpaired) electrons. The minimum atomic E-state index is -3.17. The topological polar surface area (TPSA) is 235 Å². The second-order valence-corrected chi connectivity index (χ2v) is 14.3. The molecule has 0 saturated carbocycles. The molecule has 314 valence electrons. The molecule has 58 heavy (non-hydrogen) atoms. The summed E-state index contributed by atoms with van der Waals surface area (Å²) in [4.78, 5) is 95.7. The molecule has 0 spiro atoms. The number of aromatic nitrogens is 1. The van der Waals surface area contributed by atoms with Gasteiger partial charge in [-0.25, -0.2) is 8.78 Å². The number of rotatable bonds is 18. The summed E-state index contributed by atoms with van der Waals surface area (Å²) in [6, 6.07) is 4.96. The number of piperazine rings is 1. The van der Waals surface area contributed by atoms with E-state index in [-0.39, 0.29) is 29.5 Å². The molecule has 2 aliphatic rings. The number of ether oxygens (including phenoxy) is 1. The van der Waals surface area contributed by atoms with E-state index in [1.165, 1.54) is 19.2 Å². The van der Waals surface area contributed by atoms with Crippen molar-refractivity contribution in [3.05, 3.63) is 36.0 Å². The monoisotopic (exact) mass is 848 g/mol. The van der Waals surface area contributed by atoms with Gasteiger partial charge in [0.25, 0.3) is 11.8 Å². The lowest BCUT2D eigenvalue weighted by Crippen LogP contribution is -2.55. The van der Waals surface area contributed by atoms with Gasteiger partial charge >= 0.3 is 0 Å². The van der Waals surface area contributed by atoms with Crippen molar-refractivity contribution in [2.45, 2.75) is 43.8 Å². The Hall–Kier alpha value is -5.27. The van der Waals surface area contributed by atoms with E-state index < -0.39 is 85.5 Å². The van der Waals surface area contributed by atoms with Crippen LogP contribution in [0, 0.1) is 11.3 Å². The zero-order valence-electron chi connectivity index (χ0n) is 31.7. The highest BCUT2D eigenvalue weighted by molar-refractivity contribution is 7.80. The van der Waals surface area contributed by atoms with Crippen molar-refractivity contribution in [2.24, 2.45) is 0 Å². The zero-order valence-corrected chi connectivity index (χ0v) is 33.5. The van der Waals surface area contributed by atoms with Crippen LogP contribution >= 0.6 is 25.3 Å². The SMILES string of the molecule is CC(=O)N[C@H](CS)C(=O)NCC(=O)N[C@H](CS)C(=O)NCC(=O)N1CCN(CCCOc2ccc3nccc(C(=O)NCC(=O)N4CC(F)(F)C[C@H]4C#N)c3c2)CC1. The Morgan fingerprint density at radius 3 is 2.24 bits per heavy atom. The highest BCUT2D eigenvalue weighted by atomic mass is 32.1. The number of likely N-dealkylation sites (tertiary alicyclic amines) is 1. The molecular weight excluding hydrogens is 803 g/mol. The second-order valence-electron chi connectivity index (χ2n) is 13.5. The lowest BCUT2D eigenvalue weighted by Gasteiger charge is -2.34. The van der Waals surface area contributed by atoms with E-state index in [4.69, 9.17) is 10.00 Å². The van der Waals surface area contributed by atoms with E-state index in [2.05, 4.69) is 61.7 Å². The van der Waals surface area contributed by atoms with Gasteiger partial charge in [-0.1, -0.05) is 0 Å². The first-order valence-corrected chi connectivity index (χ1v) is 19.6. The van der Waals surface area contributed by atoms with Crippen molar-refractivity contribution in [1.29, 1.82) is 5.26 Å². The summed E-state index contributed by atoms with van der Waals surface area (Å²) in [6.07, 6.45) is 1.33. The molecule has 0 bridgehead atoms. The Labute approximate surface area is 343 Å². The number of alkyl halides is 2. The lowest BCUT2D eigenvalue weighted by atomic mass is 10.1. The molecule has 2 saturated heterocycles. The summed E-state index contributed by atoms with van der Waals surface area (Å²) in [5.41, 5.74) is 0.701. The number of carbonyl (C=O) groups excluding carboxylic acids is 7. The Morgan fingerprint density at radius 1 is 0.931 bits per heavy atom. The maximum absolute atomic E-state index is 13.8. The van der Waals surface area contributed by atoms with Gasteiger partial charge < -0.3 is 41.1 Å². The largest absolute Gasteiger partial charge is 0.494 e. The third-order valence-corrected chi connectivity index (χ3v) is 9.99. The minimum Gasteiger partial charge on any atom is -0.494 e. The lowest BCUT2D eigenvalue weighted by molar-refractivity contribution is -0.135. The predicted molar refractivity (Wildman–Crippen MR) is 211 cm³/mol. The van der Waals surface area contributed by atoms with Crippen LogP contribution in [0.25, 0.3) is 10.9 Å². The number of benzene rings is 1. The average Bonchev–Trinajstić information content (AvgIpc) is 3.54. The van der Waals surface area contributed by atoms with Gasteiger partial charge in [0.1, 0.15) is 23.9 Å². The van der Waals surface area contributed by atoms with Crippen LogP contribution in [0.5, 0.6) is 5.75 Å². The quantitative estimate of drug-likeness (QED) is 0.0690. The van der Waals surface area contributed by atoms with Gasteiger partial charge in [0.15, 0.2) is 0 Å². The molecule has 7 amide bonds. The van der Waals surface area contributed by atoms with E-state index in [1.54, 1.807) is 29.2 Å². The fourth-order valence-corrected chi connectivity index (χ4v) is 6.74. The van der Waals surface area contributed by atoms with Gasteiger partial charge in [0, 0.05) is 69.2 Å². The van der Waals surface area contributed by atoms with Crippen LogP contribution in [0.15, 0.2) is 30.5 Å². The Bertz CT molecular complexity index is 1900. The number of nitriles is 1. The molecule has 4 rings (SSSR count). The van der Waals surface area contributed by atoms with E-state index in [9.17, 15) is 42.3 Å². The zero-order chi connectivity index (χ0) is 42.4. The van der Waals surface area contributed by atoms with Gasteiger partial charge in [-0.2, -0.15) is 30.5 Å². The van der Waals surface area contributed by atoms with Crippen molar-refractivity contribution >= 4 is 77.5 Å². The van der Waals surface area contributed by atoms with Crippen LogP contribution < -0.4 is 31.3 Å². The fourth-order valence-electron chi connectivity index (χ4n) is 6.23. The summed E-state index contributed by atoms with van der Waals surface area (Å²) in [5.74, 6) is -6.76. The van der Waals surface area contributed by atoms with Gasteiger partial charge in [-0.15, -0.1) is 0 Å². The fraction of sp³-hybridized carbons (Fsp3) is 0.528. The maximum Gasteiger partial charge on any atom is 0.268 e. The van der Waals surface area contributed by atoms with E-state index in [1.807, 2.05) is 0 Å². The first-order valence-electron chi connectivity index (χ1n) is 18.3. The Morgan fingerprint density at radius 2 is 1.59 bits per heavy atom. The van der Waals surface area contributed by atoms with Crippen molar-refractivity contribution in [3.8, 4) is 11.8 Å². The average molecular weight is 849 g/mol. The molecule has 3 heterocycles. The van der Waals surface area contributed by atoms with Gasteiger partial charge in [-0.05, 0) is 30.7 Å². The number of hydrogen-bond acceptors (Lipinski definition) is 13. The van der Waals surface area contributed by atoms with Crippen LogP contribution in [-0.4, -0.2) is 162 Å². The van der Waals surface area contributed by atoms with Crippen molar-refractivity contribution in [3.63, 3.8) is 0 Å². The highest BCUT2D eigenvalue weighted by Gasteiger charge is 2.47. The second kappa shape index (κ2) is 21.5. The molecule has 1 aromatic heterocycles. The maximum atomic E-state index is 13.8. The Balaban J connectivity index is 1.15. The number of halogens is 2. The molecule has 18 nitrogen and oxygen atoms in total. The molecule has 5 N–H and O–H groups in total. The number of nitrogens with zero attached hydrogens (tertiary/aromatic N) is 5. The van der Waals surface area contributed by atoms with Crippen LogP contribution in [0.3, 0.4) is 0 Å². The third-order valence-electron chi connectivity index (χ3n) is 9.26. The summed E-state index contributed by atoms with van der Waals surface area (Å²) < 4.78 is 33.5. The van der Waals surface area contributed by atoms with Crippen LogP contribution in [-0.2, 0) is 28.8 Å². The molecule has 2 aromatic rings. The normalized spacial score (nSPS) is 17.3. The number of thiol groups is 2. The summed E-state index contributed by atoms with van der Waals surface area (Å²) >= 11 is 8.12. The number of fused-ring (bicyclic) bond motifs is 1. The van der Waals surface area contributed by atoms with Crippen LogP contribution in [0.1, 0.15) is 30.1 Å². The molecule has 2 aliphatic heterocycles. The molecule has 3 atom stereocenters. The molecule has 1 aromatic carbocycles. The van der Waals surface area contributed by atoms with Gasteiger partial charge in [-0.3, -0.25) is 43.4 Å². The molecule has 22 heteroatoms. The summed E-state index contributed by atoms with van der Waals surface area (Å²) in [5, 5.41) is 21.8. The predicted octanol–water partition coefficient (Wildman–Crippen LogP) is -1.28. The van der Waals surface area contributed by atoms with E-state index >= 15 is 0 Å². The highest BCUT2D eigenvalue weighted by Crippen LogP contribution is 2.31. The van der Waals surface area contributed by atoms with Crippen molar-refractivity contribution in [2.75, 3.05) is 77.0 Å². The first-order chi connectivity index (χ1) is 27.6. The molecule has 0 aliphatic carbocycles. The number of nitrogens with one attached hydrogen (secondary N) is 5. The smallest absolute Gasteiger partial charge is 0.268 e. The van der Waals surface area contributed by atoms with Gasteiger partial charge in [0.2, 0.25) is 35.4 Å². The number of hydrogen-bond donors (Lipinski definition) is 7. The van der Waals surface area contributed by atoms with Crippen molar-refractivity contribution < 1.29 is 47.1 Å². The molecular formula is C36H46F2N10O8S2. The number of pyridine rings is 1. The summed E-state index contributed by atoms with van der Waals surface area (Å²) in [6.45, 7) is 2.15.